The van der Waals surface area contributed by atoms with Gasteiger partial charge in [0.15, 0.2) is 0 Å². The number of nitrogens with one attached hydrogen (secondary N) is 1. The van der Waals surface area contributed by atoms with E-state index in [0.717, 1.165) is 18.7 Å². The molecule has 1 amide bonds. The summed E-state index contributed by atoms with van der Waals surface area (Å²) in [6, 6.07) is 7.76. The number of rotatable bonds is 4. The number of hydrogen-bond donors (Lipinski definition) is 2. The molecule has 1 aromatic rings. The van der Waals surface area contributed by atoms with Crippen molar-refractivity contribution in [2.24, 2.45) is 0 Å². The molecule has 4 nitrogen and oxygen atoms in total. The molecule has 1 aliphatic heterocycles. The Balaban J connectivity index is 2.03. The number of piperidine rings is 1. The molecule has 20 heavy (non-hydrogen) atoms. The Hall–Kier alpha value is -1.55. The number of nitrogens with zero attached hydrogens (tertiary/aromatic N) is 1. The molecule has 110 valence electrons. The molecule has 2 rings (SSSR count). The van der Waals surface area contributed by atoms with Crippen LogP contribution in [-0.2, 0) is 4.79 Å². The summed E-state index contributed by atoms with van der Waals surface area (Å²) in [5.74, 6) is 0.0889. The second-order valence-corrected chi connectivity index (χ2v) is 5.62. The Morgan fingerprint density at radius 3 is 2.70 bits per heavy atom. The van der Waals surface area contributed by atoms with E-state index in [9.17, 15) is 4.79 Å². The molecule has 0 aliphatic carbocycles. The standard InChI is InChI=1S/C16H25N3O/c1-3-15(19-11-5-4-6-12(19)2)16(20)18-14-9-7-13(17)8-10-14/h7-10,12,15H,3-6,11,17H2,1-2H3,(H,18,20). The van der Waals surface area contributed by atoms with E-state index in [1.54, 1.807) is 12.1 Å². The van der Waals surface area contributed by atoms with Crippen LogP contribution >= 0.6 is 0 Å². The van der Waals surface area contributed by atoms with Crippen LogP contribution in [0.3, 0.4) is 0 Å². The zero-order chi connectivity index (χ0) is 14.5. The van der Waals surface area contributed by atoms with E-state index >= 15 is 0 Å². The van der Waals surface area contributed by atoms with Crippen molar-refractivity contribution in [2.75, 3.05) is 17.6 Å². The molecule has 1 saturated heterocycles. The maximum atomic E-state index is 12.5. The number of amides is 1. The minimum atomic E-state index is -0.0390. The van der Waals surface area contributed by atoms with Gasteiger partial charge < -0.3 is 11.1 Å². The molecular formula is C16H25N3O. The first-order valence-electron chi connectivity index (χ1n) is 7.54. The molecule has 2 unspecified atom stereocenters. The van der Waals surface area contributed by atoms with E-state index in [-0.39, 0.29) is 11.9 Å². The molecular weight excluding hydrogens is 250 g/mol. The SMILES string of the molecule is CCC(C(=O)Nc1ccc(N)cc1)N1CCCCC1C. The van der Waals surface area contributed by atoms with E-state index in [1.165, 1.54) is 19.3 Å². The fourth-order valence-electron chi connectivity index (χ4n) is 2.95. The highest BCUT2D eigenvalue weighted by Crippen LogP contribution is 2.22. The van der Waals surface area contributed by atoms with Crippen molar-refractivity contribution in [3.8, 4) is 0 Å². The van der Waals surface area contributed by atoms with Crippen molar-refractivity contribution in [2.45, 2.75) is 51.6 Å². The fourth-order valence-corrected chi connectivity index (χ4v) is 2.95. The lowest BCUT2D eigenvalue weighted by Gasteiger charge is -2.38. The van der Waals surface area contributed by atoms with Gasteiger partial charge in [0.1, 0.15) is 0 Å². The number of hydrogen-bond acceptors (Lipinski definition) is 3. The lowest BCUT2D eigenvalue weighted by molar-refractivity contribution is -0.122. The third kappa shape index (κ3) is 3.51. The predicted molar refractivity (Wildman–Crippen MR) is 83.6 cm³/mol. The summed E-state index contributed by atoms with van der Waals surface area (Å²) in [6.45, 7) is 5.32. The van der Waals surface area contributed by atoms with Crippen LogP contribution in [0.15, 0.2) is 24.3 Å². The smallest absolute Gasteiger partial charge is 0.241 e. The van der Waals surface area contributed by atoms with Gasteiger partial charge in [-0.25, -0.2) is 0 Å². The van der Waals surface area contributed by atoms with Gasteiger partial charge in [0.05, 0.1) is 6.04 Å². The number of anilines is 2. The Labute approximate surface area is 121 Å². The maximum Gasteiger partial charge on any atom is 0.241 e. The zero-order valence-electron chi connectivity index (χ0n) is 12.4. The number of carbonyl (C=O) groups is 1. The summed E-state index contributed by atoms with van der Waals surface area (Å²) in [5, 5.41) is 3.00. The Bertz CT molecular complexity index is 444. The van der Waals surface area contributed by atoms with Gasteiger partial charge in [0.2, 0.25) is 5.91 Å². The highest BCUT2D eigenvalue weighted by molar-refractivity contribution is 5.94. The van der Waals surface area contributed by atoms with Crippen LogP contribution in [0.5, 0.6) is 0 Å². The molecule has 1 aromatic carbocycles. The van der Waals surface area contributed by atoms with Crippen LogP contribution < -0.4 is 11.1 Å². The summed E-state index contributed by atoms with van der Waals surface area (Å²) in [4.78, 5) is 14.8. The van der Waals surface area contributed by atoms with Crippen LogP contribution in [0.1, 0.15) is 39.5 Å². The number of benzene rings is 1. The lowest BCUT2D eigenvalue weighted by atomic mass is 9.99. The van der Waals surface area contributed by atoms with E-state index in [0.29, 0.717) is 11.7 Å². The van der Waals surface area contributed by atoms with Gasteiger partial charge in [-0.05, 0) is 57.0 Å². The van der Waals surface area contributed by atoms with E-state index in [2.05, 4.69) is 24.1 Å². The predicted octanol–water partition coefficient (Wildman–Crippen LogP) is 2.86. The van der Waals surface area contributed by atoms with E-state index in [1.807, 2.05) is 12.1 Å². The topological polar surface area (TPSA) is 58.4 Å². The van der Waals surface area contributed by atoms with Gasteiger partial charge in [-0.3, -0.25) is 9.69 Å². The first-order chi connectivity index (χ1) is 9.61. The summed E-state index contributed by atoms with van der Waals surface area (Å²) < 4.78 is 0. The molecule has 2 atom stereocenters. The monoisotopic (exact) mass is 275 g/mol. The summed E-state index contributed by atoms with van der Waals surface area (Å²) in [7, 11) is 0. The van der Waals surface area contributed by atoms with Crippen LogP contribution in [-0.4, -0.2) is 29.4 Å². The molecule has 0 bridgehead atoms. The number of carbonyl (C=O) groups excluding carboxylic acids is 1. The summed E-state index contributed by atoms with van der Waals surface area (Å²) in [5.41, 5.74) is 7.18. The van der Waals surface area contributed by atoms with E-state index < -0.39 is 0 Å². The van der Waals surface area contributed by atoms with Crippen molar-refractivity contribution in [1.29, 1.82) is 0 Å². The highest BCUT2D eigenvalue weighted by Gasteiger charge is 2.29. The van der Waals surface area contributed by atoms with Crippen molar-refractivity contribution in [1.82, 2.24) is 4.90 Å². The minimum absolute atomic E-state index is 0.0390. The van der Waals surface area contributed by atoms with Gasteiger partial charge in [0.25, 0.3) is 0 Å². The second kappa shape index (κ2) is 6.75. The molecule has 1 fully saturated rings. The minimum Gasteiger partial charge on any atom is -0.399 e. The third-order valence-electron chi connectivity index (χ3n) is 4.12. The molecule has 3 N–H and O–H groups in total. The van der Waals surface area contributed by atoms with Crippen LogP contribution in [0.25, 0.3) is 0 Å². The number of nitrogen functional groups attached to an aromatic ring is 1. The van der Waals surface area contributed by atoms with Gasteiger partial charge >= 0.3 is 0 Å². The Morgan fingerprint density at radius 2 is 2.10 bits per heavy atom. The van der Waals surface area contributed by atoms with Gasteiger partial charge in [-0.2, -0.15) is 0 Å². The number of likely N-dealkylation sites (tertiary alicyclic amines) is 1. The van der Waals surface area contributed by atoms with Crippen molar-refractivity contribution in [3.63, 3.8) is 0 Å². The average molecular weight is 275 g/mol. The van der Waals surface area contributed by atoms with Crippen molar-refractivity contribution >= 4 is 17.3 Å². The van der Waals surface area contributed by atoms with Crippen molar-refractivity contribution < 1.29 is 4.79 Å². The number of nitrogens with two attached hydrogens (primary N) is 1. The lowest BCUT2D eigenvalue weighted by Crippen LogP contribution is -2.50. The van der Waals surface area contributed by atoms with Crippen LogP contribution in [0, 0.1) is 0 Å². The summed E-state index contributed by atoms with van der Waals surface area (Å²) >= 11 is 0. The molecule has 1 aliphatic rings. The van der Waals surface area contributed by atoms with Gasteiger partial charge in [-0.15, -0.1) is 0 Å². The molecule has 0 spiro atoms. The first kappa shape index (κ1) is 14.9. The zero-order valence-corrected chi connectivity index (χ0v) is 12.4. The Kier molecular flexibility index (Phi) is 5.01. The summed E-state index contributed by atoms with van der Waals surface area (Å²) in [6.07, 6.45) is 4.49. The molecule has 4 heteroatoms. The molecule has 0 radical (unpaired) electrons. The molecule has 1 heterocycles. The van der Waals surface area contributed by atoms with Crippen LogP contribution in [0.4, 0.5) is 11.4 Å². The molecule has 0 aromatic heterocycles. The highest BCUT2D eigenvalue weighted by atomic mass is 16.2. The molecule has 0 saturated carbocycles. The second-order valence-electron chi connectivity index (χ2n) is 5.62. The van der Waals surface area contributed by atoms with Gasteiger partial charge in [0, 0.05) is 17.4 Å². The average Bonchev–Trinajstić information content (AvgIpc) is 2.44. The maximum absolute atomic E-state index is 12.5. The van der Waals surface area contributed by atoms with Crippen molar-refractivity contribution in [3.05, 3.63) is 24.3 Å². The quantitative estimate of drug-likeness (QED) is 0.831. The largest absolute Gasteiger partial charge is 0.399 e. The normalized spacial score (nSPS) is 21.4. The first-order valence-corrected chi connectivity index (χ1v) is 7.54. The fraction of sp³-hybridized carbons (Fsp3) is 0.562. The third-order valence-corrected chi connectivity index (χ3v) is 4.12. The van der Waals surface area contributed by atoms with Crippen LogP contribution in [0.2, 0.25) is 0 Å². The van der Waals surface area contributed by atoms with Gasteiger partial charge in [-0.1, -0.05) is 13.3 Å². The van der Waals surface area contributed by atoms with E-state index in [4.69, 9.17) is 5.73 Å². The Morgan fingerprint density at radius 1 is 1.40 bits per heavy atom.